The lowest BCUT2D eigenvalue weighted by molar-refractivity contribution is -0.127. The highest BCUT2D eigenvalue weighted by Gasteiger charge is 2.26. The number of amides is 1. The largest absolute Gasteiger partial charge is 0.339 e. The van der Waals surface area contributed by atoms with Crippen molar-refractivity contribution in [3.05, 3.63) is 42.2 Å². The summed E-state index contributed by atoms with van der Waals surface area (Å²) in [6, 6.07) is 6.28. The molecule has 0 radical (unpaired) electrons. The van der Waals surface area contributed by atoms with Crippen molar-refractivity contribution in [3.63, 3.8) is 0 Å². The molecule has 0 aliphatic carbocycles. The van der Waals surface area contributed by atoms with Crippen molar-refractivity contribution in [3.8, 4) is 0 Å². The van der Waals surface area contributed by atoms with Gasteiger partial charge in [-0.1, -0.05) is 6.08 Å². The lowest BCUT2D eigenvalue weighted by Gasteiger charge is -2.32. The summed E-state index contributed by atoms with van der Waals surface area (Å²) in [5, 5.41) is 1.17. The van der Waals surface area contributed by atoms with E-state index < -0.39 is 0 Å². The maximum Gasteiger partial charge on any atom is 0.246 e. The molecule has 2 aromatic heterocycles. The number of aromatic nitrogens is 2. The molecule has 4 nitrogen and oxygen atoms in total. The lowest BCUT2D eigenvalue weighted by Crippen LogP contribution is -2.38. The summed E-state index contributed by atoms with van der Waals surface area (Å²) in [7, 11) is 2.07. The first-order valence-corrected chi connectivity index (χ1v) is 7.52. The molecule has 3 rings (SSSR count). The Hall–Kier alpha value is -2.10. The first-order chi connectivity index (χ1) is 10.2. The van der Waals surface area contributed by atoms with Crippen LogP contribution in [0.5, 0.6) is 0 Å². The fraction of sp³-hybridized carbons (Fsp3) is 0.412. The Bertz CT molecular complexity index is 686. The van der Waals surface area contributed by atoms with E-state index in [0.29, 0.717) is 5.92 Å². The minimum atomic E-state index is 0.124. The third-order valence-electron chi connectivity index (χ3n) is 4.29. The van der Waals surface area contributed by atoms with E-state index in [1.54, 1.807) is 6.08 Å². The van der Waals surface area contributed by atoms with Crippen LogP contribution in [0.4, 0.5) is 0 Å². The van der Waals surface area contributed by atoms with Crippen molar-refractivity contribution in [1.82, 2.24) is 14.5 Å². The van der Waals surface area contributed by atoms with Crippen LogP contribution in [0.3, 0.4) is 0 Å². The van der Waals surface area contributed by atoms with Gasteiger partial charge in [0.15, 0.2) is 0 Å². The Morgan fingerprint density at radius 1 is 1.48 bits per heavy atom. The molecule has 0 aromatic carbocycles. The number of aryl methyl sites for hydroxylation is 1. The summed E-state index contributed by atoms with van der Waals surface area (Å²) in [4.78, 5) is 18.5. The number of piperidine rings is 1. The zero-order chi connectivity index (χ0) is 14.8. The van der Waals surface area contributed by atoms with Gasteiger partial charge in [-0.2, -0.15) is 0 Å². The predicted molar refractivity (Wildman–Crippen MR) is 84.1 cm³/mol. The Balaban J connectivity index is 1.88. The number of hydrogen-bond acceptors (Lipinski definition) is 2. The van der Waals surface area contributed by atoms with Crippen LogP contribution in [0.15, 0.2) is 36.5 Å². The number of pyridine rings is 1. The second-order valence-corrected chi connectivity index (χ2v) is 5.67. The predicted octanol–water partition coefficient (Wildman–Crippen LogP) is 2.86. The molecule has 1 aliphatic heterocycles. The van der Waals surface area contributed by atoms with E-state index in [0.717, 1.165) is 31.6 Å². The zero-order valence-corrected chi connectivity index (χ0v) is 12.6. The van der Waals surface area contributed by atoms with Gasteiger partial charge >= 0.3 is 0 Å². The second kappa shape index (κ2) is 5.72. The van der Waals surface area contributed by atoms with Crippen LogP contribution in [-0.4, -0.2) is 33.4 Å². The van der Waals surface area contributed by atoms with E-state index in [2.05, 4.69) is 28.7 Å². The molecule has 1 unspecified atom stereocenters. The number of nitrogens with zero attached hydrogens (tertiary/aromatic N) is 3. The molecule has 0 bridgehead atoms. The summed E-state index contributed by atoms with van der Waals surface area (Å²) in [5.74, 6) is 0.520. The van der Waals surface area contributed by atoms with E-state index in [4.69, 9.17) is 0 Å². The summed E-state index contributed by atoms with van der Waals surface area (Å²) in [6.07, 6.45) is 7.49. The number of carbonyl (C=O) groups excluding carboxylic acids is 1. The number of hydrogen-bond donors (Lipinski definition) is 0. The van der Waals surface area contributed by atoms with Gasteiger partial charge in [-0.3, -0.25) is 4.79 Å². The highest BCUT2D eigenvalue weighted by atomic mass is 16.2. The van der Waals surface area contributed by atoms with Crippen molar-refractivity contribution in [2.45, 2.75) is 25.7 Å². The first-order valence-electron chi connectivity index (χ1n) is 7.52. The van der Waals surface area contributed by atoms with Gasteiger partial charge in [-0.05, 0) is 44.0 Å². The minimum absolute atomic E-state index is 0.124. The molecule has 1 aliphatic rings. The zero-order valence-electron chi connectivity index (χ0n) is 12.6. The van der Waals surface area contributed by atoms with Gasteiger partial charge in [0.25, 0.3) is 0 Å². The van der Waals surface area contributed by atoms with Crippen molar-refractivity contribution in [1.29, 1.82) is 0 Å². The third kappa shape index (κ3) is 2.58. The van der Waals surface area contributed by atoms with Crippen molar-refractivity contribution in [2.24, 2.45) is 7.05 Å². The van der Waals surface area contributed by atoms with Crippen LogP contribution < -0.4 is 0 Å². The van der Waals surface area contributed by atoms with Crippen LogP contribution in [-0.2, 0) is 11.8 Å². The van der Waals surface area contributed by atoms with Crippen molar-refractivity contribution in [2.75, 3.05) is 13.1 Å². The van der Waals surface area contributed by atoms with E-state index in [-0.39, 0.29) is 5.91 Å². The number of allylic oxidation sites excluding steroid dienone is 1. The Morgan fingerprint density at radius 2 is 2.33 bits per heavy atom. The summed E-state index contributed by atoms with van der Waals surface area (Å²) in [5.41, 5.74) is 2.30. The molecule has 3 heterocycles. The minimum Gasteiger partial charge on any atom is -0.339 e. The molecule has 110 valence electrons. The van der Waals surface area contributed by atoms with Crippen LogP contribution in [0.1, 0.15) is 31.4 Å². The molecule has 1 fully saturated rings. The fourth-order valence-corrected chi connectivity index (χ4v) is 3.24. The second-order valence-electron chi connectivity index (χ2n) is 5.67. The monoisotopic (exact) mass is 283 g/mol. The van der Waals surface area contributed by atoms with Crippen LogP contribution in [0.25, 0.3) is 11.0 Å². The molecule has 1 saturated heterocycles. The molecule has 1 amide bonds. The van der Waals surface area contributed by atoms with Gasteiger partial charge in [0.05, 0.1) is 0 Å². The Kier molecular flexibility index (Phi) is 3.78. The van der Waals surface area contributed by atoms with Crippen molar-refractivity contribution < 1.29 is 4.79 Å². The van der Waals surface area contributed by atoms with Gasteiger partial charge in [0.2, 0.25) is 5.91 Å². The van der Waals surface area contributed by atoms with E-state index in [9.17, 15) is 4.79 Å². The molecule has 0 N–H and O–H groups in total. The highest BCUT2D eigenvalue weighted by Crippen LogP contribution is 2.30. The molecule has 0 saturated carbocycles. The normalized spacial score (nSPS) is 19.5. The number of likely N-dealkylation sites (tertiary alicyclic amines) is 1. The molecule has 1 atom stereocenters. The van der Waals surface area contributed by atoms with Gasteiger partial charge in [-0.15, -0.1) is 0 Å². The summed E-state index contributed by atoms with van der Waals surface area (Å²) >= 11 is 0. The Morgan fingerprint density at radius 3 is 3.10 bits per heavy atom. The highest BCUT2D eigenvalue weighted by molar-refractivity contribution is 5.87. The maximum atomic E-state index is 12.1. The van der Waals surface area contributed by atoms with Gasteiger partial charge in [-0.25, -0.2) is 4.98 Å². The number of fused-ring (bicyclic) bond motifs is 1. The number of carbonyl (C=O) groups is 1. The van der Waals surface area contributed by atoms with Crippen LogP contribution >= 0.6 is 0 Å². The first kappa shape index (κ1) is 13.9. The van der Waals surface area contributed by atoms with Crippen molar-refractivity contribution >= 4 is 16.9 Å². The van der Waals surface area contributed by atoms with Crippen LogP contribution in [0.2, 0.25) is 0 Å². The fourth-order valence-electron chi connectivity index (χ4n) is 3.24. The quantitative estimate of drug-likeness (QED) is 0.795. The standard InChI is InChI=1S/C17H21N3O/c1-3-6-16(21)20-10-5-8-14(12-20)15-11-13-7-4-9-18-17(13)19(15)2/h3-4,6-7,9,11,14H,5,8,10,12H2,1-2H3/b6-3+. The molecule has 0 spiro atoms. The number of rotatable bonds is 2. The summed E-state index contributed by atoms with van der Waals surface area (Å²) < 4.78 is 2.17. The van der Waals surface area contributed by atoms with Crippen LogP contribution in [0, 0.1) is 0 Å². The maximum absolute atomic E-state index is 12.1. The smallest absolute Gasteiger partial charge is 0.246 e. The van der Waals surface area contributed by atoms with E-state index in [1.807, 2.05) is 30.2 Å². The van der Waals surface area contributed by atoms with E-state index >= 15 is 0 Å². The molecular formula is C17H21N3O. The topological polar surface area (TPSA) is 38.1 Å². The molecule has 21 heavy (non-hydrogen) atoms. The average molecular weight is 283 g/mol. The Labute approximate surface area is 125 Å². The van der Waals surface area contributed by atoms with Gasteiger partial charge < -0.3 is 9.47 Å². The third-order valence-corrected chi connectivity index (χ3v) is 4.29. The molecule has 2 aromatic rings. The molecule has 4 heteroatoms. The van der Waals surface area contributed by atoms with Gasteiger partial charge in [0.1, 0.15) is 5.65 Å². The SMILES string of the molecule is C/C=C/C(=O)N1CCCC(c2cc3cccnc3n2C)C1. The lowest BCUT2D eigenvalue weighted by atomic mass is 9.94. The average Bonchev–Trinajstić information content (AvgIpc) is 2.85. The molecular weight excluding hydrogens is 262 g/mol. The van der Waals surface area contributed by atoms with Gasteiger partial charge in [0, 0.05) is 43.3 Å². The van der Waals surface area contributed by atoms with E-state index in [1.165, 1.54) is 11.1 Å². The summed E-state index contributed by atoms with van der Waals surface area (Å²) in [6.45, 7) is 3.55.